The number of nitrogens with zero attached hydrogens (tertiary/aromatic N) is 7. The number of hydrogen-bond donors (Lipinski definition) is 1. The summed E-state index contributed by atoms with van der Waals surface area (Å²) < 4.78 is 29.9. The molecule has 0 unspecified atom stereocenters. The standard InChI is InChI=1S/C22H21F2N7OS/c1-14(22(32,10-31-13-27-12-28-31)17-3-2-16(23)6-18(17)24)30-5-4-19-20(9-30)33-21(29-19)15-7-25-11-26-8-15/h2-3,6-8,11-14,32H,4-5,9-10H2,1H3/t14-,22-/m1/s1. The van der Waals surface area contributed by atoms with Gasteiger partial charge in [0, 0.05) is 60.0 Å². The van der Waals surface area contributed by atoms with Gasteiger partial charge in [-0.05, 0) is 13.0 Å². The van der Waals surface area contributed by atoms with Gasteiger partial charge >= 0.3 is 0 Å². The number of aromatic nitrogens is 6. The van der Waals surface area contributed by atoms with Crippen LogP contribution in [0.3, 0.4) is 0 Å². The van der Waals surface area contributed by atoms with Gasteiger partial charge in [-0.1, -0.05) is 6.07 Å². The van der Waals surface area contributed by atoms with Crippen molar-refractivity contribution in [2.45, 2.75) is 38.1 Å². The largest absolute Gasteiger partial charge is 0.381 e. The van der Waals surface area contributed by atoms with Crippen molar-refractivity contribution in [1.82, 2.24) is 34.6 Å². The van der Waals surface area contributed by atoms with Gasteiger partial charge < -0.3 is 5.11 Å². The zero-order valence-corrected chi connectivity index (χ0v) is 18.6. The molecule has 1 aliphatic heterocycles. The second kappa shape index (κ2) is 8.65. The van der Waals surface area contributed by atoms with E-state index in [4.69, 9.17) is 4.98 Å². The van der Waals surface area contributed by atoms with Gasteiger partial charge in [0.2, 0.25) is 0 Å². The number of fused-ring (bicyclic) bond motifs is 1. The van der Waals surface area contributed by atoms with Crippen molar-refractivity contribution in [3.8, 4) is 10.6 Å². The molecule has 170 valence electrons. The minimum absolute atomic E-state index is 0.0177. The Kier molecular flexibility index (Phi) is 5.69. The molecule has 0 aliphatic carbocycles. The maximum absolute atomic E-state index is 14.8. The number of hydrogen-bond acceptors (Lipinski definition) is 8. The van der Waals surface area contributed by atoms with Crippen LogP contribution in [0.5, 0.6) is 0 Å². The lowest BCUT2D eigenvalue weighted by molar-refractivity contribution is -0.0675. The Morgan fingerprint density at radius 3 is 2.73 bits per heavy atom. The highest BCUT2D eigenvalue weighted by atomic mass is 32.1. The number of thiazole rings is 1. The Morgan fingerprint density at radius 1 is 1.18 bits per heavy atom. The lowest BCUT2D eigenvalue weighted by atomic mass is 9.85. The SMILES string of the molecule is C[C@@H](N1CCc2nc(-c3cncnc3)sc2C1)[C@](O)(Cn1cncn1)c1ccc(F)cc1F. The fourth-order valence-corrected chi connectivity index (χ4v) is 5.33. The van der Waals surface area contributed by atoms with E-state index in [1.54, 1.807) is 23.7 Å². The highest BCUT2D eigenvalue weighted by Gasteiger charge is 2.43. The number of rotatable bonds is 6. The Balaban J connectivity index is 1.46. The molecule has 0 radical (unpaired) electrons. The summed E-state index contributed by atoms with van der Waals surface area (Å²) in [4.78, 5) is 20.0. The van der Waals surface area contributed by atoms with Crippen molar-refractivity contribution in [1.29, 1.82) is 0 Å². The lowest BCUT2D eigenvalue weighted by Gasteiger charge is -2.42. The summed E-state index contributed by atoms with van der Waals surface area (Å²) >= 11 is 1.56. The molecule has 33 heavy (non-hydrogen) atoms. The summed E-state index contributed by atoms with van der Waals surface area (Å²) in [5.41, 5.74) is 0.204. The molecule has 0 saturated heterocycles. The zero-order valence-electron chi connectivity index (χ0n) is 17.8. The summed E-state index contributed by atoms with van der Waals surface area (Å²) in [5.74, 6) is -1.50. The van der Waals surface area contributed by atoms with Gasteiger partial charge in [-0.25, -0.2) is 33.4 Å². The molecule has 2 atom stereocenters. The lowest BCUT2D eigenvalue weighted by Crippen LogP contribution is -2.53. The molecule has 0 fully saturated rings. The predicted octanol–water partition coefficient (Wildman–Crippen LogP) is 2.80. The van der Waals surface area contributed by atoms with Crippen molar-refractivity contribution < 1.29 is 13.9 Å². The van der Waals surface area contributed by atoms with Crippen LogP contribution in [0.15, 0.2) is 49.6 Å². The number of halogens is 2. The van der Waals surface area contributed by atoms with E-state index in [0.717, 1.165) is 33.3 Å². The quantitative estimate of drug-likeness (QED) is 0.464. The van der Waals surface area contributed by atoms with Gasteiger partial charge in [-0.2, -0.15) is 5.10 Å². The highest BCUT2D eigenvalue weighted by molar-refractivity contribution is 7.15. The summed E-state index contributed by atoms with van der Waals surface area (Å²) in [6, 6.07) is 2.73. The minimum Gasteiger partial charge on any atom is -0.381 e. The van der Waals surface area contributed by atoms with E-state index in [-0.39, 0.29) is 12.1 Å². The van der Waals surface area contributed by atoms with Crippen molar-refractivity contribution in [3.05, 3.63) is 77.3 Å². The molecule has 0 spiro atoms. The maximum Gasteiger partial charge on any atom is 0.137 e. The fourth-order valence-electron chi connectivity index (χ4n) is 4.23. The van der Waals surface area contributed by atoms with Crippen LogP contribution in [0.25, 0.3) is 10.6 Å². The topological polar surface area (TPSA) is 92.8 Å². The molecule has 1 aromatic carbocycles. The molecule has 3 aromatic heterocycles. The van der Waals surface area contributed by atoms with Crippen LogP contribution in [-0.2, 0) is 25.1 Å². The van der Waals surface area contributed by atoms with Gasteiger partial charge in [0.15, 0.2) is 0 Å². The van der Waals surface area contributed by atoms with Crippen LogP contribution in [0.1, 0.15) is 23.1 Å². The highest BCUT2D eigenvalue weighted by Crippen LogP contribution is 2.37. The second-order valence-electron chi connectivity index (χ2n) is 8.05. The molecule has 11 heteroatoms. The molecule has 0 amide bonds. The van der Waals surface area contributed by atoms with Crippen LogP contribution in [-0.4, -0.2) is 52.3 Å². The minimum atomic E-state index is -1.68. The summed E-state index contributed by atoms with van der Waals surface area (Å²) in [7, 11) is 0. The van der Waals surface area contributed by atoms with Crippen LogP contribution >= 0.6 is 11.3 Å². The average molecular weight is 470 g/mol. The smallest absolute Gasteiger partial charge is 0.137 e. The molecule has 1 aliphatic rings. The third kappa shape index (κ3) is 4.14. The maximum atomic E-state index is 14.8. The van der Waals surface area contributed by atoms with E-state index < -0.39 is 23.3 Å². The monoisotopic (exact) mass is 469 g/mol. The average Bonchev–Trinajstić information content (AvgIpc) is 3.48. The Hall–Kier alpha value is -3.15. The molecule has 1 N–H and O–H groups in total. The molecule has 8 nitrogen and oxygen atoms in total. The number of aliphatic hydroxyl groups is 1. The van der Waals surface area contributed by atoms with Crippen molar-refractivity contribution >= 4 is 11.3 Å². The van der Waals surface area contributed by atoms with Crippen LogP contribution in [0.4, 0.5) is 8.78 Å². The van der Waals surface area contributed by atoms with E-state index in [9.17, 15) is 13.9 Å². The second-order valence-corrected chi connectivity index (χ2v) is 9.14. The fraction of sp³-hybridized carbons (Fsp3) is 0.318. The molecule has 4 heterocycles. The first-order chi connectivity index (χ1) is 15.9. The van der Waals surface area contributed by atoms with Crippen molar-refractivity contribution in [2.24, 2.45) is 0 Å². The summed E-state index contributed by atoms with van der Waals surface area (Å²) in [5, 5.41) is 16.8. The molecule has 0 bridgehead atoms. The van der Waals surface area contributed by atoms with Crippen molar-refractivity contribution in [3.63, 3.8) is 0 Å². The van der Waals surface area contributed by atoms with E-state index in [2.05, 4.69) is 25.0 Å². The zero-order chi connectivity index (χ0) is 23.0. The van der Waals surface area contributed by atoms with Gasteiger partial charge in [0.05, 0.1) is 12.2 Å². The van der Waals surface area contributed by atoms with Crippen molar-refractivity contribution in [2.75, 3.05) is 6.54 Å². The van der Waals surface area contributed by atoms with Gasteiger partial charge in [0.25, 0.3) is 0 Å². The molecule has 4 aromatic rings. The predicted molar refractivity (Wildman–Crippen MR) is 117 cm³/mol. The molecular formula is C22H21F2N7OS. The van der Waals surface area contributed by atoms with E-state index in [1.807, 2.05) is 6.92 Å². The Bertz CT molecular complexity index is 1250. The van der Waals surface area contributed by atoms with E-state index >= 15 is 0 Å². The van der Waals surface area contributed by atoms with E-state index in [1.165, 1.54) is 29.7 Å². The first-order valence-corrected chi connectivity index (χ1v) is 11.2. The van der Waals surface area contributed by atoms with Gasteiger partial charge in [-0.15, -0.1) is 11.3 Å². The number of benzene rings is 1. The van der Waals surface area contributed by atoms with Gasteiger partial charge in [0.1, 0.15) is 41.2 Å². The summed E-state index contributed by atoms with van der Waals surface area (Å²) in [6.07, 6.45) is 8.44. The third-order valence-corrected chi connectivity index (χ3v) is 7.21. The third-order valence-electron chi connectivity index (χ3n) is 6.07. The summed E-state index contributed by atoms with van der Waals surface area (Å²) in [6.45, 7) is 2.99. The Labute approximate surface area is 192 Å². The first kappa shape index (κ1) is 21.7. The van der Waals surface area contributed by atoms with E-state index in [0.29, 0.717) is 19.5 Å². The first-order valence-electron chi connectivity index (χ1n) is 10.4. The molecule has 0 saturated carbocycles. The Morgan fingerprint density at radius 2 is 2.00 bits per heavy atom. The van der Waals surface area contributed by atoms with Crippen LogP contribution < -0.4 is 0 Å². The van der Waals surface area contributed by atoms with Crippen LogP contribution in [0.2, 0.25) is 0 Å². The van der Waals surface area contributed by atoms with Gasteiger partial charge in [-0.3, -0.25) is 4.90 Å². The molecule has 5 rings (SSSR count). The molecular weight excluding hydrogens is 448 g/mol. The van der Waals surface area contributed by atoms with Crippen LogP contribution in [0, 0.1) is 11.6 Å². The normalized spacial score (nSPS) is 16.8.